The number of nitrogens with zero attached hydrogens (tertiary/aromatic N) is 2. The van der Waals surface area contributed by atoms with Gasteiger partial charge in [0.1, 0.15) is 5.75 Å². The highest BCUT2D eigenvalue weighted by Crippen LogP contribution is 2.30. The zero-order valence-corrected chi connectivity index (χ0v) is 18.4. The van der Waals surface area contributed by atoms with E-state index in [9.17, 15) is 9.59 Å². The highest BCUT2D eigenvalue weighted by atomic mass is 35.5. The smallest absolute Gasteiger partial charge is 0.264 e. The summed E-state index contributed by atoms with van der Waals surface area (Å²) in [5.74, 6) is 0.465. The van der Waals surface area contributed by atoms with Crippen LogP contribution in [0.25, 0.3) is 0 Å². The lowest BCUT2D eigenvalue weighted by molar-refractivity contribution is -0.118. The minimum absolute atomic E-state index is 0.0797. The van der Waals surface area contributed by atoms with Crippen molar-refractivity contribution >= 4 is 46.1 Å². The Labute approximate surface area is 190 Å². The molecular formula is C23H22ClN3O3S. The number of halogens is 1. The number of piperazine rings is 1. The molecule has 6 nitrogen and oxygen atoms in total. The van der Waals surface area contributed by atoms with Crippen LogP contribution in [0.3, 0.4) is 0 Å². The van der Waals surface area contributed by atoms with E-state index in [1.165, 1.54) is 11.3 Å². The standard InChI is InChI=1S/C23H22ClN3O3S/c24-19-15-17(25-22(28)16-30-18-5-2-1-3-6-18)8-9-20(19)26-10-12-27(13-11-26)23(29)21-7-4-14-31-21/h1-9,14-15H,10-13,16H2,(H,25,28). The normalized spacial score (nSPS) is 13.7. The van der Waals surface area contributed by atoms with Crippen molar-refractivity contribution in [2.75, 3.05) is 43.0 Å². The number of carbonyl (C=O) groups is 2. The van der Waals surface area contributed by atoms with E-state index in [1.54, 1.807) is 18.2 Å². The number of anilines is 2. The van der Waals surface area contributed by atoms with Crippen molar-refractivity contribution < 1.29 is 14.3 Å². The molecule has 2 amide bonds. The molecule has 1 saturated heterocycles. The van der Waals surface area contributed by atoms with Gasteiger partial charge in [0.05, 0.1) is 15.6 Å². The van der Waals surface area contributed by atoms with Crippen molar-refractivity contribution in [2.45, 2.75) is 0 Å². The summed E-state index contributed by atoms with van der Waals surface area (Å²) in [4.78, 5) is 29.5. The molecule has 1 aromatic heterocycles. The number of nitrogens with one attached hydrogen (secondary N) is 1. The Kier molecular flexibility index (Phi) is 6.74. The molecule has 4 rings (SSSR count). The summed E-state index contributed by atoms with van der Waals surface area (Å²) in [6.45, 7) is 2.61. The van der Waals surface area contributed by atoms with Crippen LogP contribution in [-0.4, -0.2) is 49.5 Å². The van der Waals surface area contributed by atoms with Crippen LogP contribution in [0.4, 0.5) is 11.4 Å². The second-order valence-corrected chi connectivity index (χ2v) is 8.43. The van der Waals surface area contributed by atoms with Gasteiger partial charge in [-0.25, -0.2) is 0 Å². The van der Waals surface area contributed by atoms with E-state index in [2.05, 4.69) is 10.2 Å². The molecule has 1 fully saturated rings. The maximum Gasteiger partial charge on any atom is 0.264 e. The van der Waals surface area contributed by atoms with Crippen LogP contribution in [0.2, 0.25) is 5.02 Å². The van der Waals surface area contributed by atoms with Crippen LogP contribution in [0, 0.1) is 0 Å². The van der Waals surface area contributed by atoms with Crippen LogP contribution < -0.4 is 15.0 Å². The van der Waals surface area contributed by atoms with Gasteiger partial charge in [0.25, 0.3) is 11.8 Å². The van der Waals surface area contributed by atoms with E-state index in [-0.39, 0.29) is 18.4 Å². The fraction of sp³-hybridized carbons (Fsp3) is 0.217. The zero-order chi connectivity index (χ0) is 21.6. The Balaban J connectivity index is 1.30. The van der Waals surface area contributed by atoms with Gasteiger partial charge in [-0.05, 0) is 41.8 Å². The van der Waals surface area contributed by atoms with E-state index in [4.69, 9.17) is 16.3 Å². The predicted molar refractivity (Wildman–Crippen MR) is 124 cm³/mol. The Morgan fingerprint density at radius 3 is 2.45 bits per heavy atom. The first-order valence-electron chi connectivity index (χ1n) is 9.95. The predicted octanol–water partition coefficient (Wildman–Crippen LogP) is 4.38. The topological polar surface area (TPSA) is 61.9 Å². The van der Waals surface area contributed by atoms with E-state index in [0.29, 0.717) is 42.6 Å². The molecule has 0 atom stereocenters. The minimum Gasteiger partial charge on any atom is -0.484 e. The number of hydrogen-bond donors (Lipinski definition) is 1. The molecule has 1 N–H and O–H groups in total. The highest BCUT2D eigenvalue weighted by Gasteiger charge is 2.24. The fourth-order valence-corrected chi connectivity index (χ4v) is 4.40. The average Bonchev–Trinajstić information content (AvgIpc) is 3.33. The third kappa shape index (κ3) is 5.37. The molecule has 160 valence electrons. The number of para-hydroxylation sites is 1. The van der Waals surface area contributed by atoms with E-state index < -0.39 is 0 Å². The summed E-state index contributed by atoms with van der Waals surface area (Å²) in [6.07, 6.45) is 0. The molecule has 0 aliphatic carbocycles. The number of carbonyl (C=O) groups excluding carboxylic acids is 2. The number of rotatable bonds is 6. The van der Waals surface area contributed by atoms with Crippen molar-refractivity contribution in [3.05, 3.63) is 75.9 Å². The third-order valence-electron chi connectivity index (χ3n) is 4.98. The van der Waals surface area contributed by atoms with Crippen molar-refractivity contribution in [3.63, 3.8) is 0 Å². The first kappa shape index (κ1) is 21.2. The fourth-order valence-electron chi connectivity index (χ4n) is 3.41. The molecule has 0 radical (unpaired) electrons. The van der Waals surface area contributed by atoms with Crippen molar-refractivity contribution in [3.8, 4) is 5.75 Å². The molecule has 1 aliphatic heterocycles. The van der Waals surface area contributed by atoms with Crippen molar-refractivity contribution in [2.24, 2.45) is 0 Å². The van der Waals surface area contributed by atoms with Gasteiger partial charge in [0.2, 0.25) is 0 Å². The second-order valence-electron chi connectivity index (χ2n) is 7.07. The first-order chi connectivity index (χ1) is 15.1. The third-order valence-corrected chi connectivity index (χ3v) is 6.14. The maximum atomic E-state index is 12.5. The molecule has 2 heterocycles. The molecule has 1 aliphatic rings. The van der Waals surface area contributed by atoms with Gasteiger partial charge in [-0.3, -0.25) is 9.59 Å². The summed E-state index contributed by atoms with van der Waals surface area (Å²) >= 11 is 7.96. The number of thiophene rings is 1. The SMILES string of the molecule is O=C(COc1ccccc1)Nc1ccc(N2CCN(C(=O)c3cccs3)CC2)c(Cl)c1. The van der Waals surface area contributed by atoms with Gasteiger partial charge in [0, 0.05) is 31.9 Å². The van der Waals surface area contributed by atoms with Crippen LogP contribution >= 0.6 is 22.9 Å². The van der Waals surface area contributed by atoms with E-state index >= 15 is 0 Å². The Hall–Kier alpha value is -3.03. The Morgan fingerprint density at radius 2 is 1.77 bits per heavy atom. The van der Waals surface area contributed by atoms with Gasteiger partial charge in [-0.2, -0.15) is 0 Å². The Bertz CT molecular complexity index is 1040. The number of hydrogen-bond acceptors (Lipinski definition) is 5. The number of benzene rings is 2. The summed E-state index contributed by atoms with van der Waals surface area (Å²) < 4.78 is 5.46. The summed E-state index contributed by atoms with van der Waals surface area (Å²) in [5.41, 5.74) is 1.50. The van der Waals surface area contributed by atoms with Crippen LogP contribution in [0.5, 0.6) is 5.75 Å². The molecule has 0 saturated carbocycles. The molecule has 0 unspecified atom stereocenters. The lowest BCUT2D eigenvalue weighted by Gasteiger charge is -2.36. The van der Waals surface area contributed by atoms with Crippen LogP contribution in [0.1, 0.15) is 9.67 Å². The van der Waals surface area contributed by atoms with E-state index in [1.807, 2.05) is 52.7 Å². The maximum absolute atomic E-state index is 12.5. The average molecular weight is 456 g/mol. The molecule has 8 heteroatoms. The molecule has 0 bridgehead atoms. The summed E-state index contributed by atoms with van der Waals surface area (Å²) in [5, 5.41) is 5.27. The molecular weight excluding hydrogens is 434 g/mol. The van der Waals surface area contributed by atoms with Crippen molar-refractivity contribution in [1.29, 1.82) is 0 Å². The van der Waals surface area contributed by atoms with Crippen LogP contribution in [0.15, 0.2) is 66.0 Å². The quantitative estimate of drug-likeness (QED) is 0.599. The first-order valence-corrected chi connectivity index (χ1v) is 11.2. The Morgan fingerprint density at radius 1 is 1.00 bits per heavy atom. The van der Waals surface area contributed by atoms with Gasteiger partial charge < -0.3 is 19.9 Å². The largest absolute Gasteiger partial charge is 0.484 e. The van der Waals surface area contributed by atoms with Crippen LogP contribution in [-0.2, 0) is 4.79 Å². The molecule has 3 aromatic rings. The molecule has 31 heavy (non-hydrogen) atoms. The van der Waals surface area contributed by atoms with Gasteiger partial charge >= 0.3 is 0 Å². The number of amides is 2. The second kappa shape index (κ2) is 9.85. The zero-order valence-electron chi connectivity index (χ0n) is 16.8. The molecule has 2 aromatic carbocycles. The van der Waals surface area contributed by atoms with Crippen molar-refractivity contribution in [1.82, 2.24) is 4.90 Å². The minimum atomic E-state index is -0.256. The lowest BCUT2D eigenvalue weighted by atomic mass is 10.2. The lowest BCUT2D eigenvalue weighted by Crippen LogP contribution is -2.48. The molecule has 0 spiro atoms. The summed E-state index contributed by atoms with van der Waals surface area (Å²) in [6, 6.07) is 18.4. The monoisotopic (exact) mass is 455 g/mol. The highest BCUT2D eigenvalue weighted by molar-refractivity contribution is 7.12. The van der Waals surface area contributed by atoms with Gasteiger partial charge in [0.15, 0.2) is 6.61 Å². The van der Waals surface area contributed by atoms with Gasteiger partial charge in [-0.1, -0.05) is 35.9 Å². The van der Waals surface area contributed by atoms with E-state index in [0.717, 1.165) is 10.6 Å². The number of ether oxygens (including phenoxy) is 1. The van der Waals surface area contributed by atoms with Gasteiger partial charge in [-0.15, -0.1) is 11.3 Å². The summed E-state index contributed by atoms with van der Waals surface area (Å²) in [7, 11) is 0.